The van der Waals surface area contributed by atoms with Gasteiger partial charge in [0.15, 0.2) is 0 Å². The van der Waals surface area contributed by atoms with Crippen LogP contribution in [0.5, 0.6) is 0 Å². The highest BCUT2D eigenvalue weighted by atomic mass is 16.2. The highest BCUT2D eigenvalue weighted by Crippen LogP contribution is 2.23. The summed E-state index contributed by atoms with van der Waals surface area (Å²) in [7, 11) is 0. The topological polar surface area (TPSA) is 74.8 Å². The van der Waals surface area contributed by atoms with E-state index in [1.54, 1.807) is 12.1 Å². The molecule has 1 aliphatic rings. The molecule has 1 aromatic carbocycles. The number of nitrogens with zero attached hydrogens (tertiary/aromatic N) is 5. The number of piperidine rings is 1. The van der Waals surface area contributed by atoms with Crippen molar-refractivity contribution in [2.24, 2.45) is 0 Å². The molecule has 0 spiro atoms. The minimum Gasteiger partial charge on any atom is -0.341 e. The van der Waals surface area contributed by atoms with Crippen LogP contribution in [0.3, 0.4) is 0 Å². The number of aryl methyl sites for hydroxylation is 3. The van der Waals surface area contributed by atoms with Crippen LogP contribution in [0.2, 0.25) is 0 Å². The quantitative estimate of drug-likeness (QED) is 0.859. The molecular weight excluding hydrogens is 314 g/mol. The first-order chi connectivity index (χ1) is 12.1. The summed E-state index contributed by atoms with van der Waals surface area (Å²) in [5.41, 5.74) is 1.73. The van der Waals surface area contributed by atoms with Gasteiger partial charge in [-0.05, 0) is 50.8 Å². The molecule has 1 aliphatic heterocycles. The van der Waals surface area contributed by atoms with Gasteiger partial charge < -0.3 is 4.90 Å². The first-order valence-electron chi connectivity index (χ1n) is 8.73. The molecule has 0 radical (unpaired) electrons. The Morgan fingerprint density at radius 1 is 1.32 bits per heavy atom. The second-order valence-electron chi connectivity index (χ2n) is 6.60. The number of nitriles is 1. The summed E-state index contributed by atoms with van der Waals surface area (Å²) in [6, 6.07) is 9.77. The van der Waals surface area contributed by atoms with Crippen molar-refractivity contribution in [3.8, 4) is 6.07 Å². The van der Waals surface area contributed by atoms with Crippen LogP contribution in [0.1, 0.15) is 48.1 Å². The zero-order chi connectivity index (χ0) is 17.8. The number of hydrogen-bond acceptors (Lipinski definition) is 4. The summed E-state index contributed by atoms with van der Waals surface area (Å²) >= 11 is 0. The fourth-order valence-electron chi connectivity index (χ4n) is 3.42. The summed E-state index contributed by atoms with van der Waals surface area (Å²) < 4.78 is 1.97. The largest absolute Gasteiger partial charge is 0.341 e. The zero-order valence-electron chi connectivity index (χ0n) is 14.8. The summed E-state index contributed by atoms with van der Waals surface area (Å²) in [5, 5.41) is 13.3. The van der Waals surface area contributed by atoms with Crippen LogP contribution >= 0.6 is 0 Å². The van der Waals surface area contributed by atoms with E-state index in [2.05, 4.69) is 16.2 Å². The third-order valence-electron chi connectivity index (χ3n) is 4.71. The predicted octanol–water partition coefficient (Wildman–Crippen LogP) is 2.56. The van der Waals surface area contributed by atoms with Crippen molar-refractivity contribution >= 4 is 5.91 Å². The van der Waals surface area contributed by atoms with Crippen molar-refractivity contribution < 1.29 is 4.79 Å². The summed E-state index contributed by atoms with van der Waals surface area (Å²) in [5.74, 6) is 1.87. The molecule has 130 valence electrons. The first-order valence-corrected chi connectivity index (χ1v) is 8.73. The number of carbonyl (C=O) groups is 1. The number of likely N-dealkylation sites (tertiary alicyclic amines) is 1. The maximum Gasteiger partial charge on any atom is 0.222 e. The molecule has 1 atom stereocenters. The van der Waals surface area contributed by atoms with Gasteiger partial charge in [-0.3, -0.25) is 4.79 Å². The molecule has 0 aliphatic carbocycles. The van der Waals surface area contributed by atoms with Gasteiger partial charge in [-0.2, -0.15) is 10.4 Å². The summed E-state index contributed by atoms with van der Waals surface area (Å²) in [4.78, 5) is 18.9. The third kappa shape index (κ3) is 4.05. The Labute approximate surface area is 148 Å². The molecule has 1 amide bonds. The molecule has 2 aromatic rings. The van der Waals surface area contributed by atoms with E-state index in [0.717, 1.165) is 36.6 Å². The lowest BCUT2D eigenvalue weighted by molar-refractivity contribution is -0.132. The first kappa shape index (κ1) is 17.2. The minimum atomic E-state index is 0.184. The molecule has 0 bridgehead atoms. The standard InChI is InChI=1S/C19H23N5O/c1-14-21-15(2)24(22-14)18-4-3-11-23(13-18)19(25)10-9-16-5-7-17(12-20)8-6-16/h5-8,18H,3-4,9-11,13H2,1-2H3. The Balaban J connectivity index is 1.58. The lowest BCUT2D eigenvalue weighted by Crippen LogP contribution is -2.41. The average Bonchev–Trinajstić information content (AvgIpc) is 2.98. The number of hydrogen-bond donors (Lipinski definition) is 0. The van der Waals surface area contributed by atoms with Crippen LogP contribution < -0.4 is 0 Å². The molecular formula is C19H23N5O. The van der Waals surface area contributed by atoms with Gasteiger partial charge in [-0.25, -0.2) is 9.67 Å². The van der Waals surface area contributed by atoms with Gasteiger partial charge in [0.2, 0.25) is 5.91 Å². The van der Waals surface area contributed by atoms with Gasteiger partial charge in [0.25, 0.3) is 0 Å². The van der Waals surface area contributed by atoms with Crippen molar-refractivity contribution in [1.82, 2.24) is 19.7 Å². The molecule has 1 unspecified atom stereocenters. The van der Waals surface area contributed by atoms with Gasteiger partial charge in [0.1, 0.15) is 11.6 Å². The van der Waals surface area contributed by atoms with Crippen LogP contribution in [0.15, 0.2) is 24.3 Å². The highest BCUT2D eigenvalue weighted by Gasteiger charge is 2.26. The van der Waals surface area contributed by atoms with Gasteiger partial charge >= 0.3 is 0 Å². The van der Waals surface area contributed by atoms with Crippen LogP contribution in [-0.4, -0.2) is 38.7 Å². The van der Waals surface area contributed by atoms with Crippen LogP contribution in [0.4, 0.5) is 0 Å². The Bertz CT molecular complexity index is 787. The molecule has 2 heterocycles. The molecule has 1 saturated heterocycles. The zero-order valence-corrected chi connectivity index (χ0v) is 14.8. The number of carbonyl (C=O) groups excluding carboxylic acids is 1. The van der Waals surface area contributed by atoms with Gasteiger partial charge in [-0.15, -0.1) is 0 Å². The number of aromatic nitrogens is 3. The molecule has 6 nitrogen and oxygen atoms in total. The maximum absolute atomic E-state index is 12.6. The van der Waals surface area contributed by atoms with Crippen LogP contribution in [0, 0.1) is 25.2 Å². The number of benzene rings is 1. The van der Waals surface area contributed by atoms with Crippen LogP contribution in [0.25, 0.3) is 0 Å². The second-order valence-corrected chi connectivity index (χ2v) is 6.60. The number of amides is 1. The molecule has 1 aromatic heterocycles. The molecule has 1 fully saturated rings. The highest BCUT2D eigenvalue weighted by molar-refractivity contribution is 5.76. The van der Waals surface area contributed by atoms with E-state index >= 15 is 0 Å². The van der Waals surface area contributed by atoms with Gasteiger partial charge in [0, 0.05) is 19.5 Å². The van der Waals surface area contributed by atoms with E-state index in [1.807, 2.05) is 35.6 Å². The Hall–Kier alpha value is -2.68. The lowest BCUT2D eigenvalue weighted by Gasteiger charge is -2.33. The fraction of sp³-hybridized carbons (Fsp3) is 0.474. The van der Waals surface area contributed by atoms with E-state index in [9.17, 15) is 4.79 Å². The Morgan fingerprint density at radius 2 is 2.08 bits per heavy atom. The molecule has 6 heteroatoms. The molecule has 3 rings (SSSR count). The van der Waals surface area contributed by atoms with E-state index in [4.69, 9.17) is 5.26 Å². The van der Waals surface area contributed by atoms with E-state index in [0.29, 0.717) is 24.9 Å². The third-order valence-corrected chi connectivity index (χ3v) is 4.71. The number of rotatable bonds is 4. The van der Waals surface area contributed by atoms with E-state index in [-0.39, 0.29) is 11.9 Å². The molecule has 0 saturated carbocycles. The summed E-state index contributed by atoms with van der Waals surface area (Å²) in [6.07, 6.45) is 3.22. The fourth-order valence-corrected chi connectivity index (χ4v) is 3.42. The van der Waals surface area contributed by atoms with Crippen molar-refractivity contribution in [3.63, 3.8) is 0 Å². The lowest BCUT2D eigenvalue weighted by atomic mass is 10.0. The van der Waals surface area contributed by atoms with Gasteiger partial charge in [-0.1, -0.05) is 12.1 Å². The van der Waals surface area contributed by atoms with E-state index in [1.165, 1.54) is 0 Å². The predicted molar refractivity (Wildman–Crippen MR) is 93.8 cm³/mol. The molecule has 25 heavy (non-hydrogen) atoms. The van der Waals surface area contributed by atoms with Crippen LogP contribution in [-0.2, 0) is 11.2 Å². The second kappa shape index (κ2) is 7.47. The Morgan fingerprint density at radius 3 is 2.72 bits per heavy atom. The normalized spacial score (nSPS) is 17.3. The van der Waals surface area contributed by atoms with E-state index < -0.39 is 0 Å². The SMILES string of the molecule is Cc1nc(C)n(C2CCCN(C(=O)CCc3ccc(C#N)cc3)C2)n1. The van der Waals surface area contributed by atoms with Crippen molar-refractivity contribution in [1.29, 1.82) is 5.26 Å². The van der Waals surface area contributed by atoms with Gasteiger partial charge in [0.05, 0.1) is 17.7 Å². The van der Waals surface area contributed by atoms with Crippen molar-refractivity contribution in [3.05, 3.63) is 47.0 Å². The molecule has 0 N–H and O–H groups in total. The minimum absolute atomic E-state index is 0.184. The average molecular weight is 337 g/mol. The smallest absolute Gasteiger partial charge is 0.222 e. The van der Waals surface area contributed by atoms with Crippen molar-refractivity contribution in [2.45, 2.75) is 45.6 Å². The Kier molecular flexibility index (Phi) is 5.13. The summed E-state index contributed by atoms with van der Waals surface area (Å²) in [6.45, 7) is 5.38. The maximum atomic E-state index is 12.6. The monoisotopic (exact) mass is 337 g/mol. The van der Waals surface area contributed by atoms with Crippen molar-refractivity contribution in [2.75, 3.05) is 13.1 Å².